The second kappa shape index (κ2) is 29.9. The van der Waals surface area contributed by atoms with E-state index < -0.39 is 53.4 Å². The monoisotopic (exact) mass is 958 g/mol. The van der Waals surface area contributed by atoms with Gasteiger partial charge in [0.15, 0.2) is 0 Å². The van der Waals surface area contributed by atoms with Gasteiger partial charge in [-0.3, -0.25) is 0 Å². The number of alkyl carbamates (subject to hydrolysis) is 2. The van der Waals surface area contributed by atoms with Gasteiger partial charge in [0.05, 0.1) is 34.1 Å². The quantitative estimate of drug-likeness (QED) is 0.0278. The van der Waals surface area contributed by atoms with Crippen LogP contribution in [0.5, 0.6) is 11.5 Å². The van der Waals surface area contributed by atoms with Crippen molar-refractivity contribution in [3.05, 3.63) is 108 Å². The van der Waals surface area contributed by atoms with E-state index in [0.29, 0.717) is 34.9 Å². The highest BCUT2D eigenvalue weighted by atomic mass is 16.6. The van der Waals surface area contributed by atoms with Crippen molar-refractivity contribution in [2.24, 2.45) is 4.99 Å². The predicted molar refractivity (Wildman–Crippen MR) is 262 cm³/mol. The number of nitrogen functional groups attached to an aromatic ring is 1. The van der Waals surface area contributed by atoms with Crippen LogP contribution in [0.25, 0.3) is 0 Å². The molecule has 0 aliphatic carbocycles. The van der Waals surface area contributed by atoms with Crippen LogP contribution in [0.4, 0.5) is 37.1 Å². The standard InChI is InChI=1S/C23H29N3O6.C15H22N2O4.C8H7NO2.C4H8O/c1-23(2,3)32-22(29)26-19(20(27)31-5)14-15-6-8-16(9-7-15)24-21(28)25-17-10-12-18(30-4)13-11-17;1-15(2,3)21-14(19)17-12(13(18)20-4)9-10-5-7-11(16)8-6-10;1-11-8-4-2-7(3-5-8)9-6-10;1-2-4-5-3-1/h6-13,19H,14H2,1-5H3,(H,26,29)(H2,24,25,28);5-8,12H,9,16H2,1-4H3,(H,17,19);2-5H,1H3;1-4H2/t19-;12-;;/m11../s1. The van der Waals surface area contributed by atoms with Crippen LogP contribution in [0.1, 0.15) is 65.5 Å². The summed E-state index contributed by atoms with van der Waals surface area (Å²) in [5.74, 6) is 0.322. The maximum Gasteiger partial charge on any atom is 0.408 e. The highest BCUT2D eigenvalue weighted by molar-refractivity contribution is 5.99. The molecule has 4 aromatic carbocycles. The molecule has 0 aromatic heterocycles. The first kappa shape index (κ1) is 57.5. The molecule has 0 bridgehead atoms. The number of aliphatic imine (C=N–C) groups is 1. The molecule has 2 atom stereocenters. The van der Waals surface area contributed by atoms with Crippen LogP contribution in [0.2, 0.25) is 0 Å². The smallest absolute Gasteiger partial charge is 0.408 e. The molecular weight excluding hydrogens is 893 g/mol. The summed E-state index contributed by atoms with van der Waals surface area (Å²) < 4.78 is 34.8. The normalized spacial score (nSPS) is 12.3. The molecule has 374 valence electrons. The third-order valence-electron chi connectivity index (χ3n) is 8.85. The maximum atomic E-state index is 12.2. The minimum atomic E-state index is -0.910. The summed E-state index contributed by atoms with van der Waals surface area (Å²) in [6, 6.07) is 25.6. The van der Waals surface area contributed by atoms with Crippen molar-refractivity contribution in [3.63, 3.8) is 0 Å². The van der Waals surface area contributed by atoms with E-state index in [1.54, 1.807) is 153 Å². The molecule has 6 N–H and O–H groups in total. The van der Waals surface area contributed by atoms with Gasteiger partial charge in [0.25, 0.3) is 0 Å². The number of hydrogen-bond donors (Lipinski definition) is 5. The zero-order valence-electron chi connectivity index (χ0n) is 41.0. The molecule has 4 amide bonds. The number of urea groups is 1. The van der Waals surface area contributed by atoms with Gasteiger partial charge in [0.2, 0.25) is 6.08 Å². The first-order valence-electron chi connectivity index (χ1n) is 21.8. The average Bonchev–Trinajstić information content (AvgIpc) is 3.90. The van der Waals surface area contributed by atoms with E-state index >= 15 is 0 Å². The Balaban J connectivity index is 0.000000373. The van der Waals surface area contributed by atoms with Gasteiger partial charge in [-0.1, -0.05) is 24.3 Å². The molecule has 0 saturated carbocycles. The molecule has 19 heteroatoms. The molecule has 1 aliphatic heterocycles. The lowest BCUT2D eigenvalue weighted by molar-refractivity contribution is -0.143. The number of nitrogens with two attached hydrogens (primary N) is 1. The van der Waals surface area contributed by atoms with Gasteiger partial charge in [0, 0.05) is 43.1 Å². The first-order valence-corrected chi connectivity index (χ1v) is 21.8. The fourth-order valence-corrected chi connectivity index (χ4v) is 5.61. The number of rotatable bonds is 13. The van der Waals surface area contributed by atoms with Gasteiger partial charge < -0.3 is 60.2 Å². The van der Waals surface area contributed by atoms with Gasteiger partial charge in [-0.2, -0.15) is 4.99 Å². The number of ether oxygens (including phenoxy) is 7. The molecule has 1 aliphatic rings. The number of isocyanates is 1. The second-order valence-electron chi connectivity index (χ2n) is 16.8. The van der Waals surface area contributed by atoms with Crippen LogP contribution >= 0.6 is 0 Å². The number of carbonyl (C=O) groups is 5. The predicted octanol–water partition coefficient (Wildman–Crippen LogP) is 8.28. The number of nitrogens with zero attached hydrogens (tertiary/aromatic N) is 1. The number of amides is 4. The topological polar surface area (TPSA) is 254 Å². The van der Waals surface area contributed by atoms with Crippen molar-refractivity contribution in [1.29, 1.82) is 0 Å². The van der Waals surface area contributed by atoms with Crippen molar-refractivity contribution in [2.45, 2.75) is 90.5 Å². The van der Waals surface area contributed by atoms with Gasteiger partial charge in [-0.25, -0.2) is 28.8 Å². The van der Waals surface area contributed by atoms with E-state index in [1.165, 1.54) is 33.1 Å². The lowest BCUT2D eigenvalue weighted by Crippen LogP contribution is -2.45. The summed E-state index contributed by atoms with van der Waals surface area (Å²) in [5, 5.41) is 10.5. The summed E-state index contributed by atoms with van der Waals surface area (Å²) in [5.41, 5.74) is 8.31. The summed E-state index contributed by atoms with van der Waals surface area (Å²) >= 11 is 0. The van der Waals surface area contributed by atoms with Crippen LogP contribution in [-0.4, -0.2) is 101 Å². The second-order valence-corrected chi connectivity index (χ2v) is 16.8. The molecule has 0 radical (unpaired) electrons. The number of hydrogen-bond acceptors (Lipinski definition) is 15. The Bertz CT molecular complexity index is 2220. The van der Waals surface area contributed by atoms with Crippen molar-refractivity contribution in [2.75, 3.05) is 58.0 Å². The van der Waals surface area contributed by atoms with Gasteiger partial charge in [0.1, 0.15) is 34.8 Å². The highest BCUT2D eigenvalue weighted by Crippen LogP contribution is 2.18. The van der Waals surface area contributed by atoms with E-state index in [1.807, 2.05) is 0 Å². The van der Waals surface area contributed by atoms with Gasteiger partial charge in [-0.15, -0.1) is 0 Å². The molecule has 1 saturated heterocycles. The number of methoxy groups -OCH3 is 4. The van der Waals surface area contributed by atoms with E-state index in [-0.39, 0.29) is 6.42 Å². The number of carbonyl (C=O) groups excluding carboxylic acids is 6. The van der Waals surface area contributed by atoms with E-state index in [9.17, 15) is 28.8 Å². The lowest BCUT2D eigenvalue weighted by Gasteiger charge is -2.22. The minimum absolute atomic E-state index is 0.199. The van der Waals surface area contributed by atoms with Crippen LogP contribution in [-0.2, 0) is 50.9 Å². The third-order valence-corrected chi connectivity index (χ3v) is 8.85. The number of nitrogens with one attached hydrogen (secondary N) is 4. The summed E-state index contributed by atoms with van der Waals surface area (Å²) in [6.45, 7) is 12.4. The van der Waals surface area contributed by atoms with E-state index in [0.717, 1.165) is 30.1 Å². The molecule has 1 fully saturated rings. The number of esters is 2. The Morgan fingerprint density at radius 2 is 0.986 bits per heavy atom. The van der Waals surface area contributed by atoms with Crippen LogP contribution in [0.3, 0.4) is 0 Å². The van der Waals surface area contributed by atoms with Crippen molar-refractivity contribution < 1.29 is 61.9 Å². The fourth-order valence-electron chi connectivity index (χ4n) is 5.61. The number of anilines is 3. The Hall–Kier alpha value is -7.63. The Morgan fingerprint density at radius 1 is 0.609 bits per heavy atom. The summed E-state index contributed by atoms with van der Waals surface area (Å²) in [7, 11) is 5.67. The largest absolute Gasteiger partial charge is 0.497 e. The van der Waals surface area contributed by atoms with E-state index in [4.69, 9.17) is 38.9 Å². The van der Waals surface area contributed by atoms with Gasteiger partial charge >= 0.3 is 30.2 Å². The number of benzene rings is 4. The first-order chi connectivity index (χ1) is 32.7. The SMILES string of the molecule is C1CCOC1.COC(=O)[C@@H](Cc1ccc(N)cc1)NC(=O)OC(C)(C)C.COC(=O)[C@@H](Cc1ccc(NC(=O)Nc2ccc(OC)cc2)cc1)NC(=O)OC(C)(C)C.COc1ccc(N=C=O)cc1. The molecule has 19 nitrogen and oxygen atoms in total. The van der Waals surface area contributed by atoms with Crippen LogP contribution in [0, 0.1) is 0 Å². The van der Waals surface area contributed by atoms with Crippen molar-refractivity contribution in [3.8, 4) is 11.5 Å². The summed E-state index contributed by atoms with van der Waals surface area (Å²) in [6.07, 6.45) is 3.14. The Kier molecular flexibility index (Phi) is 24.9. The minimum Gasteiger partial charge on any atom is -0.497 e. The molecular formula is C50H66N6O13. The third kappa shape index (κ3) is 25.2. The molecule has 1 heterocycles. The molecule has 5 rings (SSSR count). The Morgan fingerprint density at radius 3 is 1.32 bits per heavy atom. The zero-order valence-corrected chi connectivity index (χ0v) is 41.0. The molecule has 0 spiro atoms. The fraction of sp³-hybridized carbons (Fsp3) is 0.400. The van der Waals surface area contributed by atoms with Gasteiger partial charge in [-0.05, 0) is 138 Å². The highest BCUT2D eigenvalue weighted by Gasteiger charge is 2.26. The lowest BCUT2D eigenvalue weighted by atomic mass is 10.1. The Labute approximate surface area is 403 Å². The molecule has 0 unspecified atom stereocenters. The molecule has 4 aromatic rings. The molecule has 69 heavy (non-hydrogen) atoms. The van der Waals surface area contributed by atoms with Crippen molar-refractivity contribution in [1.82, 2.24) is 10.6 Å². The van der Waals surface area contributed by atoms with Crippen LogP contribution in [0.15, 0.2) is 102 Å². The van der Waals surface area contributed by atoms with Crippen LogP contribution < -0.4 is 36.5 Å². The zero-order chi connectivity index (χ0) is 51.4. The maximum absolute atomic E-state index is 12.2. The van der Waals surface area contributed by atoms with Crippen molar-refractivity contribution >= 4 is 59.0 Å². The van der Waals surface area contributed by atoms with E-state index in [2.05, 4.69) is 26.3 Å². The average molecular weight is 959 g/mol. The summed E-state index contributed by atoms with van der Waals surface area (Å²) in [4.78, 5) is 73.1.